The highest BCUT2D eigenvalue weighted by atomic mass is 19.1. The first kappa shape index (κ1) is 31.3. The second-order valence-corrected chi connectivity index (χ2v) is 8.63. The van der Waals surface area contributed by atoms with E-state index in [-0.39, 0.29) is 17.6 Å². The SMILES string of the molecule is C=C/C=C(\C=C(\N)C(C)CC)C1CC1c1ccc(NC)cc1F.CCC=O.O=CNc1ccc(F)cc1. The number of allylic oxidation sites excluding steroid dienone is 5. The molecule has 1 aliphatic rings. The molecule has 0 radical (unpaired) electrons. The molecule has 0 saturated heterocycles. The van der Waals surface area contributed by atoms with E-state index in [1.807, 2.05) is 25.1 Å². The van der Waals surface area contributed by atoms with Crippen LogP contribution in [0.3, 0.4) is 0 Å². The fourth-order valence-electron chi connectivity index (χ4n) is 3.49. The third kappa shape index (κ3) is 10.8. The smallest absolute Gasteiger partial charge is 0.211 e. The molecule has 200 valence electrons. The third-order valence-electron chi connectivity index (χ3n) is 5.97. The second-order valence-electron chi connectivity index (χ2n) is 8.63. The number of anilines is 2. The Morgan fingerprint density at radius 3 is 2.24 bits per heavy atom. The molecular weight excluding hydrogens is 472 g/mol. The highest BCUT2D eigenvalue weighted by molar-refractivity contribution is 5.70. The van der Waals surface area contributed by atoms with Crippen LogP contribution in [-0.4, -0.2) is 19.7 Å². The van der Waals surface area contributed by atoms with Gasteiger partial charge in [-0.3, -0.25) is 4.79 Å². The van der Waals surface area contributed by atoms with Gasteiger partial charge in [0.15, 0.2) is 0 Å². The molecule has 0 bridgehead atoms. The van der Waals surface area contributed by atoms with Crippen molar-refractivity contribution in [2.24, 2.45) is 17.6 Å². The summed E-state index contributed by atoms with van der Waals surface area (Å²) >= 11 is 0. The molecule has 4 N–H and O–H groups in total. The minimum atomic E-state index is -0.309. The van der Waals surface area contributed by atoms with Gasteiger partial charge in [0.2, 0.25) is 6.41 Å². The molecule has 1 fully saturated rings. The quantitative estimate of drug-likeness (QED) is 0.238. The number of nitrogens with two attached hydrogens (primary N) is 1. The molecule has 2 aromatic carbocycles. The van der Waals surface area contributed by atoms with Crippen LogP contribution in [-0.2, 0) is 9.59 Å². The number of nitrogens with one attached hydrogen (secondary N) is 2. The van der Waals surface area contributed by atoms with E-state index in [2.05, 4.69) is 37.1 Å². The van der Waals surface area contributed by atoms with Gasteiger partial charge in [0.1, 0.15) is 17.9 Å². The van der Waals surface area contributed by atoms with E-state index in [4.69, 9.17) is 5.73 Å². The Morgan fingerprint density at radius 2 is 1.76 bits per heavy atom. The Balaban J connectivity index is 0.000000402. The number of carbonyl (C=O) groups excluding carboxylic acids is 2. The van der Waals surface area contributed by atoms with Gasteiger partial charge < -0.3 is 21.2 Å². The minimum absolute atomic E-state index is 0.138. The summed E-state index contributed by atoms with van der Waals surface area (Å²) in [6, 6.07) is 10.9. The normalized spacial score (nSPS) is 17.1. The lowest BCUT2D eigenvalue weighted by atomic mass is 9.98. The molecule has 5 nitrogen and oxygen atoms in total. The molecule has 1 amide bonds. The first-order valence-corrected chi connectivity index (χ1v) is 12.4. The highest BCUT2D eigenvalue weighted by Gasteiger charge is 2.41. The number of benzene rings is 2. The molecule has 0 aliphatic heterocycles. The molecule has 1 saturated carbocycles. The van der Waals surface area contributed by atoms with Crippen LogP contribution in [0.5, 0.6) is 0 Å². The Bertz CT molecular complexity index is 1060. The molecule has 3 rings (SSSR count). The Labute approximate surface area is 219 Å². The van der Waals surface area contributed by atoms with Crippen LogP contribution >= 0.6 is 0 Å². The van der Waals surface area contributed by atoms with Crippen molar-refractivity contribution in [2.75, 3.05) is 17.7 Å². The number of aldehydes is 1. The predicted molar refractivity (Wildman–Crippen MR) is 149 cm³/mol. The zero-order valence-corrected chi connectivity index (χ0v) is 22.1. The van der Waals surface area contributed by atoms with Gasteiger partial charge in [-0.25, -0.2) is 8.78 Å². The predicted octanol–water partition coefficient (Wildman–Crippen LogP) is 6.96. The van der Waals surface area contributed by atoms with Crippen LogP contribution in [0, 0.1) is 23.5 Å². The summed E-state index contributed by atoms with van der Waals surface area (Å²) in [5.74, 6) is 0.461. The van der Waals surface area contributed by atoms with Crippen LogP contribution in [0.4, 0.5) is 20.2 Å². The van der Waals surface area contributed by atoms with E-state index in [1.165, 1.54) is 24.3 Å². The van der Waals surface area contributed by atoms with Crippen molar-refractivity contribution in [3.05, 3.63) is 95.7 Å². The molecule has 3 atom stereocenters. The van der Waals surface area contributed by atoms with E-state index in [1.54, 1.807) is 19.2 Å². The average Bonchev–Trinajstić information content (AvgIpc) is 3.70. The Morgan fingerprint density at radius 1 is 1.14 bits per heavy atom. The van der Waals surface area contributed by atoms with E-state index in [0.29, 0.717) is 30.4 Å². The summed E-state index contributed by atoms with van der Waals surface area (Å²) < 4.78 is 26.5. The van der Waals surface area contributed by atoms with Crippen molar-refractivity contribution >= 4 is 24.1 Å². The first-order valence-electron chi connectivity index (χ1n) is 12.4. The molecule has 1 aliphatic carbocycles. The van der Waals surface area contributed by atoms with Crippen LogP contribution in [0.25, 0.3) is 0 Å². The Hall–Kier alpha value is -3.74. The lowest BCUT2D eigenvalue weighted by molar-refractivity contribution is -0.107. The number of amides is 1. The first-order chi connectivity index (χ1) is 17.8. The summed E-state index contributed by atoms with van der Waals surface area (Å²) in [5, 5.41) is 5.35. The molecule has 2 aromatic rings. The maximum absolute atomic E-state index is 14.3. The topological polar surface area (TPSA) is 84.2 Å². The number of hydrogen-bond acceptors (Lipinski definition) is 4. The highest BCUT2D eigenvalue weighted by Crippen LogP contribution is 2.53. The van der Waals surface area contributed by atoms with Gasteiger partial charge in [-0.05, 0) is 84.2 Å². The monoisotopic (exact) mass is 511 g/mol. The van der Waals surface area contributed by atoms with E-state index in [0.717, 1.165) is 41.6 Å². The second kappa shape index (κ2) is 16.8. The van der Waals surface area contributed by atoms with Gasteiger partial charge >= 0.3 is 0 Å². The van der Waals surface area contributed by atoms with E-state index in [9.17, 15) is 18.4 Å². The van der Waals surface area contributed by atoms with Crippen molar-refractivity contribution in [3.63, 3.8) is 0 Å². The van der Waals surface area contributed by atoms with Gasteiger partial charge in [0.25, 0.3) is 0 Å². The van der Waals surface area contributed by atoms with Gasteiger partial charge in [-0.2, -0.15) is 0 Å². The zero-order valence-electron chi connectivity index (χ0n) is 22.1. The van der Waals surface area contributed by atoms with Crippen molar-refractivity contribution in [3.8, 4) is 0 Å². The maximum Gasteiger partial charge on any atom is 0.211 e. The van der Waals surface area contributed by atoms with Crippen molar-refractivity contribution < 1.29 is 18.4 Å². The zero-order chi connectivity index (χ0) is 27.8. The molecule has 0 heterocycles. The fraction of sp³-hybridized carbons (Fsp3) is 0.333. The molecular formula is C30H39F2N3O2. The van der Waals surface area contributed by atoms with Crippen LogP contribution in [0.2, 0.25) is 0 Å². The molecule has 3 unspecified atom stereocenters. The third-order valence-corrected chi connectivity index (χ3v) is 5.97. The number of carbonyl (C=O) groups is 2. The van der Waals surface area contributed by atoms with E-state index >= 15 is 0 Å². The summed E-state index contributed by atoms with van der Waals surface area (Å²) in [5.41, 5.74) is 10.4. The minimum Gasteiger partial charge on any atom is -0.402 e. The number of hydrogen-bond donors (Lipinski definition) is 3. The maximum atomic E-state index is 14.3. The molecule has 7 heteroatoms. The summed E-state index contributed by atoms with van der Waals surface area (Å²) in [7, 11) is 1.79. The average molecular weight is 512 g/mol. The molecule has 37 heavy (non-hydrogen) atoms. The number of rotatable bonds is 10. The van der Waals surface area contributed by atoms with Gasteiger partial charge in [0, 0.05) is 30.5 Å². The van der Waals surface area contributed by atoms with Crippen molar-refractivity contribution in [2.45, 2.75) is 46.0 Å². The largest absolute Gasteiger partial charge is 0.402 e. The van der Waals surface area contributed by atoms with Crippen LogP contribution in [0.15, 0.2) is 78.5 Å². The van der Waals surface area contributed by atoms with Crippen LogP contribution < -0.4 is 16.4 Å². The van der Waals surface area contributed by atoms with Crippen molar-refractivity contribution in [1.29, 1.82) is 0 Å². The fourth-order valence-corrected chi connectivity index (χ4v) is 3.49. The number of halogens is 2. The van der Waals surface area contributed by atoms with Crippen molar-refractivity contribution in [1.82, 2.24) is 0 Å². The standard InChI is InChI=1S/C20H27FN2.C7H6FNO.C3H6O/c1-5-7-14(10-20(22)13(3)6-2)17-12-18(17)16-9-8-15(23-4)11-19(16)21;8-6-1-3-7(4-2-6)9-5-10;1-2-3-4/h5,7-11,13,17-18,23H,1,6,12,22H2,2-4H3;1-5H,(H,9,10);3H,2H2,1H3/b14-7+,20-10+;;. The Kier molecular flexibility index (Phi) is 14.2. The van der Waals surface area contributed by atoms with Gasteiger partial charge in [-0.1, -0.05) is 45.6 Å². The van der Waals surface area contributed by atoms with Crippen LogP contribution in [0.1, 0.15) is 51.5 Å². The summed E-state index contributed by atoms with van der Waals surface area (Å²) in [4.78, 5) is 19.0. The summed E-state index contributed by atoms with van der Waals surface area (Å²) in [6.45, 7) is 9.85. The molecule has 0 spiro atoms. The lowest BCUT2D eigenvalue weighted by Crippen LogP contribution is -2.08. The van der Waals surface area contributed by atoms with Gasteiger partial charge in [-0.15, -0.1) is 0 Å². The van der Waals surface area contributed by atoms with Gasteiger partial charge in [0.05, 0.1) is 0 Å². The summed E-state index contributed by atoms with van der Waals surface area (Å²) in [6.07, 6.45) is 9.87. The van der Waals surface area contributed by atoms with E-state index < -0.39 is 0 Å². The molecule has 0 aromatic heterocycles. The lowest BCUT2D eigenvalue weighted by Gasteiger charge is -2.11.